The minimum Gasteiger partial charge on any atom is -0.493 e. The van der Waals surface area contributed by atoms with Crippen molar-refractivity contribution in [3.63, 3.8) is 0 Å². The van der Waals surface area contributed by atoms with Crippen LogP contribution in [0, 0.1) is 0 Å². The van der Waals surface area contributed by atoms with Crippen LogP contribution in [0.25, 0.3) is 6.08 Å². The summed E-state index contributed by atoms with van der Waals surface area (Å²) < 4.78 is 7.65. The fourth-order valence-corrected chi connectivity index (χ4v) is 2.04. The minimum absolute atomic E-state index is 0.458. The molecule has 1 heterocycles. The molecule has 0 fully saturated rings. The third kappa shape index (κ3) is 4.65. The minimum atomic E-state index is -1.03. The summed E-state index contributed by atoms with van der Waals surface area (Å²) in [4.78, 5) is 14.6. The van der Waals surface area contributed by atoms with Gasteiger partial charge in [-0.15, -0.1) is 0 Å². The molecule has 1 aromatic heterocycles. The highest BCUT2D eigenvalue weighted by atomic mass is 35.5. The lowest BCUT2D eigenvalue weighted by Gasteiger charge is -2.10. The summed E-state index contributed by atoms with van der Waals surface area (Å²) >= 11 is 6.07. The Morgan fingerprint density at radius 1 is 1.48 bits per heavy atom. The maximum Gasteiger partial charge on any atom is 0.328 e. The van der Waals surface area contributed by atoms with Gasteiger partial charge in [-0.3, -0.25) is 0 Å². The summed E-state index contributed by atoms with van der Waals surface area (Å²) in [5, 5.41) is 9.15. The van der Waals surface area contributed by atoms with E-state index in [0.717, 1.165) is 19.0 Å². The highest BCUT2D eigenvalue weighted by Gasteiger charge is 2.06. The van der Waals surface area contributed by atoms with Crippen LogP contribution in [-0.4, -0.2) is 27.2 Å². The molecule has 0 radical (unpaired) electrons. The van der Waals surface area contributed by atoms with Crippen LogP contribution in [-0.2, 0) is 11.3 Å². The van der Waals surface area contributed by atoms with Crippen molar-refractivity contribution in [2.45, 2.75) is 13.0 Å². The lowest BCUT2D eigenvalue weighted by atomic mass is 10.2. The predicted octanol–water partition coefficient (Wildman–Crippen LogP) is 3.10. The molecule has 5 nitrogen and oxygen atoms in total. The molecular weight excluding hydrogens is 292 g/mol. The van der Waals surface area contributed by atoms with Crippen molar-refractivity contribution in [3.8, 4) is 5.75 Å². The number of benzene rings is 1. The summed E-state index contributed by atoms with van der Waals surface area (Å²) in [6.07, 6.45) is 8.66. The summed E-state index contributed by atoms with van der Waals surface area (Å²) in [5.74, 6) is -0.452. The molecule has 21 heavy (non-hydrogen) atoms. The maximum atomic E-state index is 10.6. The van der Waals surface area contributed by atoms with Gasteiger partial charge in [0.25, 0.3) is 0 Å². The highest BCUT2D eigenvalue weighted by molar-refractivity contribution is 6.32. The molecule has 0 atom stereocenters. The Kier molecular flexibility index (Phi) is 5.40. The Balaban J connectivity index is 1.95. The second-order valence-corrected chi connectivity index (χ2v) is 4.73. The number of carbonyl (C=O) groups is 1. The van der Waals surface area contributed by atoms with Gasteiger partial charge in [-0.05, 0) is 24.6 Å². The first-order valence-electron chi connectivity index (χ1n) is 6.45. The van der Waals surface area contributed by atoms with Crippen molar-refractivity contribution in [1.29, 1.82) is 0 Å². The van der Waals surface area contributed by atoms with Gasteiger partial charge in [-0.1, -0.05) is 17.7 Å². The van der Waals surface area contributed by atoms with Crippen molar-refractivity contribution >= 4 is 23.6 Å². The van der Waals surface area contributed by atoms with Crippen LogP contribution in [0.3, 0.4) is 0 Å². The van der Waals surface area contributed by atoms with E-state index in [-0.39, 0.29) is 0 Å². The number of aromatic nitrogens is 2. The van der Waals surface area contributed by atoms with Crippen LogP contribution < -0.4 is 4.74 Å². The monoisotopic (exact) mass is 306 g/mol. The average molecular weight is 307 g/mol. The average Bonchev–Trinajstić information content (AvgIpc) is 2.95. The van der Waals surface area contributed by atoms with E-state index in [0.29, 0.717) is 22.9 Å². The summed E-state index contributed by atoms with van der Waals surface area (Å²) in [5.41, 5.74) is 0.573. The molecule has 0 amide bonds. The number of hydrogen-bond acceptors (Lipinski definition) is 3. The van der Waals surface area contributed by atoms with Crippen LogP contribution in [0.1, 0.15) is 12.0 Å². The lowest BCUT2D eigenvalue weighted by Crippen LogP contribution is -2.04. The molecule has 0 spiro atoms. The molecule has 2 aromatic rings. The SMILES string of the molecule is O=C(O)/C=C/c1c(Cl)cccc1OCCCn1ccnc1. The van der Waals surface area contributed by atoms with E-state index in [4.69, 9.17) is 21.4 Å². The molecule has 0 aliphatic rings. The number of ether oxygens (including phenoxy) is 1. The number of nitrogens with zero attached hydrogens (tertiary/aromatic N) is 2. The van der Waals surface area contributed by atoms with Gasteiger partial charge in [0.05, 0.1) is 18.0 Å². The fourth-order valence-electron chi connectivity index (χ4n) is 1.81. The fraction of sp³-hybridized carbons (Fsp3) is 0.200. The van der Waals surface area contributed by atoms with Crippen molar-refractivity contribution in [1.82, 2.24) is 9.55 Å². The molecule has 110 valence electrons. The smallest absolute Gasteiger partial charge is 0.328 e. The van der Waals surface area contributed by atoms with Gasteiger partial charge < -0.3 is 14.4 Å². The first kappa shape index (κ1) is 15.1. The zero-order valence-electron chi connectivity index (χ0n) is 11.3. The number of aliphatic carboxylic acids is 1. The first-order valence-corrected chi connectivity index (χ1v) is 6.82. The van der Waals surface area contributed by atoms with Crippen molar-refractivity contribution < 1.29 is 14.6 Å². The molecule has 6 heteroatoms. The third-order valence-corrected chi connectivity index (χ3v) is 3.11. The zero-order chi connectivity index (χ0) is 15.1. The second-order valence-electron chi connectivity index (χ2n) is 4.33. The van der Waals surface area contributed by atoms with Crippen molar-refractivity contribution in [2.24, 2.45) is 0 Å². The Morgan fingerprint density at radius 2 is 2.33 bits per heavy atom. The Hall–Kier alpha value is -2.27. The number of imidazole rings is 1. The molecule has 0 saturated carbocycles. The largest absolute Gasteiger partial charge is 0.493 e. The van der Waals surface area contributed by atoms with Crippen LogP contribution >= 0.6 is 11.6 Å². The molecule has 0 aliphatic carbocycles. The van der Waals surface area contributed by atoms with E-state index in [2.05, 4.69) is 4.98 Å². The van der Waals surface area contributed by atoms with Crippen molar-refractivity contribution in [2.75, 3.05) is 6.61 Å². The number of rotatable bonds is 7. The summed E-state index contributed by atoms with van der Waals surface area (Å²) in [6.45, 7) is 1.31. The van der Waals surface area contributed by atoms with Gasteiger partial charge in [0.15, 0.2) is 0 Å². The maximum absolute atomic E-state index is 10.6. The third-order valence-electron chi connectivity index (χ3n) is 2.78. The Labute approximate surface area is 127 Å². The quantitative estimate of drug-likeness (QED) is 0.630. The van der Waals surface area contributed by atoms with E-state index in [1.54, 1.807) is 30.7 Å². The number of carboxylic acid groups (broad SMARTS) is 1. The summed E-state index contributed by atoms with van der Waals surface area (Å²) in [6, 6.07) is 5.23. The second kappa shape index (κ2) is 7.50. The van der Waals surface area contributed by atoms with E-state index >= 15 is 0 Å². The predicted molar refractivity (Wildman–Crippen MR) is 80.5 cm³/mol. The molecule has 0 saturated heterocycles. The van der Waals surface area contributed by atoms with E-state index in [1.165, 1.54) is 6.08 Å². The Bertz CT molecular complexity index is 624. The Morgan fingerprint density at radius 3 is 3.05 bits per heavy atom. The van der Waals surface area contributed by atoms with Gasteiger partial charge in [-0.25, -0.2) is 9.78 Å². The topological polar surface area (TPSA) is 64.3 Å². The standard InChI is InChI=1S/C15H15ClN2O3/c16-13-3-1-4-14(12(13)5-6-15(19)20)21-10-2-8-18-9-7-17-11-18/h1,3-7,9,11H,2,8,10H2,(H,19,20)/b6-5+. The van der Waals surface area contributed by atoms with E-state index < -0.39 is 5.97 Å². The van der Waals surface area contributed by atoms with Crippen molar-refractivity contribution in [3.05, 3.63) is 53.6 Å². The number of carboxylic acids is 1. The number of halogens is 1. The lowest BCUT2D eigenvalue weighted by molar-refractivity contribution is -0.131. The van der Waals surface area contributed by atoms with Gasteiger partial charge in [0.2, 0.25) is 0 Å². The molecular formula is C15H15ClN2O3. The van der Waals surface area contributed by atoms with Gasteiger partial charge in [0.1, 0.15) is 5.75 Å². The summed E-state index contributed by atoms with van der Waals surface area (Å²) in [7, 11) is 0. The molecule has 0 unspecified atom stereocenters. The molecule has 0 bridgehead atoms. The molecule has 0 aliphatic heterocycles. The molecule has 2 rings (SSSR count). The van der Waals surface area contributed by atoms with Crippen LogP contribution in [0.4, 0.5) is 0 Å². The van der Waals surface area contributed by atoms with Crippen LogP contribution in [0.2, 0.25) is 5.02 Å². The van der Waals surface area contributed by atoms with E-state index in [9.17, 15) is 4.79 Å². The van der Waals surface area contributed by atoms with E-state index in [1.807, 2.05) is 10.8 Å². The van der Waals surface area contributed by atoms with Crippen LogP contribution in [0.5, 0.6) is 5.75 Å². The normalized spacial score (nSPS) is 10.9. The molecule has 1 aromatic carbocycles. The molecule has 1 N–H and O–H groups in total. The first-order chi connectivity index (χ1) is 10.2. The number of aryl methyl sites for hydroxylation is 1. The van der Waals surface area contributed by atoms with Crippen LogP contribution in [0.15, 0.2) is 43.0 Å². The number of hydrogen-bond donors (Lipinski definition) is 1. The van der Waals surface area contributed by atoms with Gasteiger partial charge in [-0.2, -0.15) is 0 Å². The highest BCUT2D eigenvalue weighted by Crippen LogP contribution is 2.27. The van der Waals surface area contributed by atoms with Gasteiger partial charge in [0, 0.05) is 30.6 Å². The van der Waals surface area contributed by atoms with Gasteiger partial charge >= 0.3 is 5.97 Å². The zero-order valence-corrected chi connectivity index (χ0v) is 12.0.